The summed E-state index contributed by atoms with van der Waals surface area (Å²) >= 11 is 0. The van der Waals surface area contributed by atoms with Gasteiger partial charge in [0.05, 0.1) is 5.71 Å². The van der Waals surface area contributed by atoms with Crippen LogP contribution in [0, 0.1) is 0 Å². The Kier molecular flexibility index (Phi) is 3.75. The van der Waals surface area contributed by atoms with Crippen LogP contribution >= 0.6 is 0 Å². The van der Waals surface area contributed by atoms with Gasteiger partial charge in [-0.3, -0.25) is 0 Å². The molecule has 0 heterocycles. The summed E-state index contributed by atoms with van der Waals surface area (Å²) in [5.41, 5.74) is -0.290. The van der Waals surface area contributed by atoms with Crippen molar-refractivity contribution in [3.8, 4) is 0 Å². The first-order valence-corrected chi connectivity index (χ1v) is 5.03. The molecule has 100 valence electrons. The SMILES string of the molecule is C/C(=N\O)c1ccc(C(O)(O)O)c(C(C)(O)O)c1. The topological polar surface area (TPSA) is 134 Å². The van der Waals surface area contributed by atoms with Gasteiger partial charge in [0, 0.05) is 11.1 Å². The predicted octanol–water partition coefficient (Wildman–Crippen LogP) is -0.871. The molecule has 0 radical (unpaired) electrons. The van der Waals surface area contributed by atoms with Crippen LogP contribution in [0.4, 0.5) is 0 Å². The predicted molar refractivity (Wildman–Crippen MR) is 60.6 cm³/mol. The fourth-order valence-corrected chi connectivity index (χ4v) is 1.51. The molecule has 0 spiro atoms. The van der Waals surface area contributed by atoms with E-state index in [4.69, 9.17) is 20.5 Å². The molecule has 6 N–H and O–H groups in total. The first-order valence-electron chi connectivity index (χ1n) is 5.03. The first-order chi connectivity index (χ1) is 8.07. The largest absolute Gasteiger partial charge is 0.411 e. The van der Waals surface area contributed by atoms with Crippen LogP contribution in [0.2, 0.25) is 0 Å². The Morgan fingerprint density at radius 1 is 1.06 bits per heavy atom. The number of hydrogen-bond acceptors (Lipinski definition) is 7. The van der Waals surface area contributed by atoms with E-state index < -0.39 is 17.3 Å². The Morgan fingerprint density at radius 3 is 2.00 bits per heavy atom. The zero-order chi connectivity index (χ0) is 14.1. The van der Waals surface area contributed by atoms with Crippen LogP contribution in [0.25, 0.3) is 0 Å². The first kappa shape index (κ1) is 14.6. The van der Waals surface area contributed by atoms with Gasteiger partial charge in [0.1, 0.15) is 0 Å². The summed E-state index contributed by atoms with van der Waals surface area (Å²) in [6.07, 6.45) is 0. The average molecular weight is 257 g/mol. The summed E-state index contributed by atoms with van der Waals surface area (Å²) < 4.78 is 0. The van der Waals surface area contributed by atoms with Gasteiger partial charge >= 0.3 is 5.97 Å². The molecule has 0 unspecified atom stereocenters. The van der Waals surface area contributed by atoms with E-state index >= 15 is 0 Å². The third-order valence-electron chi connectivity index (χ3n) is 2.46. The molecule has 0 bridgehead atoms. The molecule has 7 heteroatoms. The quantitative estimate of drug-likeness (QED) is 0.180. The monoisotopic (exact) mass is 257 g/mol. The maximum Gasteiger partial charge on any atom is 0.304 e. The summed E-state index contributed by atoms with van der Waals surface area (Å²) in [7, 11) is 0. The highest BCUT2D eigenvalue weighted by Gasteiger charge is 2.33. The molecule has 0 saturated heterocycles. The summed E-state index contributed by atoms with van der Waals surface area (Å²) in [5, 5.41) is 58.0. The van der Waals surface area contributed by atoms with Crippen LogP contribution in [0.3, 0.4) is 0 Å². The highest BCUT2D eigenvalue weighted by molar-refractivity contribution is 5.98. The minimum atomic E-state index is -3.20. The lowest BCUT2D eigenvalue weighted by atomic mass is 9.95. The van der Waals surface area contributed by atoms with E-state index in [0.29, 0.717) is 5.56 Å². The van der Waals surface area contributed by atoms with Crippen LogP contribution < -0.4 is 0 Å². The molecule has 0 aliphatic heterocycles. The molecule has 7 nitrogen and oxygen atoms in total. The van der Waals surface area contributed by atoms with E-state index in [2.05, 4.69) is 5.16 Å². The van der Waals surface area contributed by atoms with Gasteiger partial charge in [-0.15, -0.1) is 0 Å². The number of aliphatic hydroxyl groups is 5. The maximum atomic E-state index is 9.53. The van der Waals surface area contributed by atoms with Crippen molar-refractivity contribution >= 4 is 5.71 Å². The molecular formula is C11H15NO6. The molecule has 0 aliphatic rings. The molecule has 0 atom stereocenters. The lowest BCUT2D eigenvalue weighted by Gasteiger charge is -2.25. The Hall–Kier alpha value is -1.51. The van der Waals surface area contributed by atoms with Gasteiger partial charge in [-0.25, -0.2) is 0 Å². The number of hydrogen-bond donors (Lipinski definition) is 6. The molecule has 0 aromatic heterocycles. The molecule has 0 fully saturated rings. The van der Waals surface area contributed by atoms with Crippen molar-refractivity contribution < 1.29 is 30.7 Å². The van der Waals surface area contributed by atoms with E-state index in [1.165, 1.54) is 19.1 Å². The molecule has 1 aromatic carbocycles. The van der Waals surface area contributed by atoms with Crippen LogP contribution in [0.5, 0.6) is 0 Å². The molecule has 1 aromatic rings. The second kappa shape index (κ2) is 4.63. The minimum Gasteiger partial charge on any atom is -0.411 e. The van der Waals surface area contributed by atoms with Crippen molar-refractivity contribution in [2.75, 3.05) is 0 Å². The third-order valence-corrected chi connectivity index (χ3v) is 2.46. The highest BCUT2D eigenvalue weighted by atomic mass is 16.7. The van der Waals surface area contributed by atoms with E-state index in [1.54, 1.807) is 0 Å². The number of oxime groups is 1. The maximum absolute atomic E-state index is 9.53. The van der Waals surface area contributed by atoms with Gasteiger partial charge < -0.3 is 30.7 Å². The number of rotatable bonds is 3. The molecule has 0 aliphatic carbocycles. The summed E-state index contributed by atoms with van der Waals surface area (Å²) in [5.74, 6) is -5.61. The van der Waals surface area contributed by atoms with Gasteiger partial charge in [0.25, 0.3) is 0 Å². The normalized spacial score (nSPS) is 13.8. The van der Waals surface area contributed by atoms with Crippen LogP contribution in [-0.2, 0) is 11.8 Å². The Bertz CT molecular complexity index is 469. The van der Waals surface area contributed by atoms with Gasteiger partial charge in [-0.1, -0.05) is 11.2 Å². The molecule has 1 rings (SSSR count). The Balaban J connectivity index is 3.50. The van der Waals surface area contributed by atoms with Gasteiger partial charge in [0.15, 0.2) is 5.79 Å². The van der Waals surface area contributed by atoms with Crippen LogP contribution in [0.1, 0.15) is 30.5 Å². The molecule has 0 amide bonds. The third kappa shape index (κ3) is 3.03. The number of nitrogens with zero attached hydrogens (tertiary/aromatic N) is 1. The van der Waals surface area contributed by atoms with Crippen LogP contribution in [0.15, 0.2) is 23.4 Å². The minimum absolute atomic E-state index is 0.187. The Morgan fingerprint density at radius 2 is 1.61 bits per heavy atom. The van der Waals surface area contributed by atoms with E-state index in [-0.39, 0.29) is 11.3 Å². The fraction of sp³-hybridized carbons (Fsp3) is 0.364. The highest BCUT2D eigenvalue weighted by Crippen LogP contribution is 2.28. The summed E-state index contributed by atoms with van der Waals surface area (Å²) in [4.78, 5) is 0. The van der Waals surface area contributed by atoms with E-state index in [1.807, 2.05) is 0 Å². The van der Waals surface area contributed by atoms with Gasteiger partial charge in [-0.2, -0.15) is 0 Å². The second-order valence-electron chi connectivity index (χ2n) is 4.10. The van der Waals surface area contributed by atoms with Crippen molar-refractivity contribution in [3.63, 3.8) is 0 Å². The van der Waals surface area contributed by atoms with Crippen molar-refractivity contribution in [2.45, 2.75) is 25.6 Å². The smallest absolute Gasteiger partial charge is 0.304 e. The van der Waals surface area contributed by atoms with Crippen molar-refractivity contribution in [1.29, 1.82) is 0 Å². The van der Waals surface area contributed by atoms with Gasteiger partial charge in [0.2, 0.25) is 0 Å². The zero-order valence-corrected chi connectivity index (χ0v) is 9.86. The molecular weight excluding hydrogens is 242 g/mol. The summed E-state index contributed by atoms with van der Waals surface area (Å²) in [6, 6.07) is 3.59. The van der Waals surface area contributed by atoms with E-state index in [0.717, 1.165) is 13.0 Å². The lowest BCUT2D eigenvalue weighted by molar-refractivity contribution is -0.326. The van der Waals surface area contributed by atoms with Crippen LogP contribution in [-0.4, -0.2) is 36.5 Å². The second-order valence-corrected chi connectivity index (χ2v) is 4.10. The van der Waals surface area contributed by atoms with Crippen molar-refractivity contribution in [3.05, 3.63) is 34.9 Å². The number of benzene rings is 1. The average Bonchev–Trinajstić information content (AvgIpc) is 2.24. The van der Waals surface area contributed by atoms with Crippen molar-refractivity contribution in [1.82, 2.24) is 0 Å². The van der Waals surface area contributed by atoms with E-state index in [9.17, 15) is 10.2 Å². The fourth-order valence-electron chi connectivity index (χ4n) is 1.51. The zero-order valence-electron chi connectivity index (χ0n) is 9.86. The van der Waals surface area contributed by atoms with Gasteiger partial charge in [-0.05, 0) is 31.5 Å². The Labute approximate surface area is 103 Å². The van der Waals surface area contributed by atoms with Crippen molar-refractivity contribution in [2.24, 2.45) is 5.16 Å². The standard InChI is InChI=1S/C11H15NO6/c1-6(12-18)7-3-4-8(11(15,16)17)9(5-7)10(2,13)14/h3-5,13-18H,1-2H3/b12-6+. The summed E-state index contributed by atoms with van der Waals surface area (Å²) in [6.45, 7) is 2.46. The molecule has 18 heavy (non-hydrogen) atoms. The lowest BCUT2D eigenvalue weighted by Crippen LogP contribution is -2.31. The molecule has 0 saturated carbocycles.